The molecule has 1 aliphatic heterocycles. The predicted octanol–water partition coefficient (Wildman–Crippen LogP) is 1.57. The zero-order valence-corrected chi connectivity index (χ0v) is 12.6. The highest BCUT2D eigenvalue weighted by Crippen LogP contribution is 2.08. The van der Waals surface area contributed by atoms with E-state index in [2.05, 4.69) is 4.90 Å². The lowest BCUT2D eigenvalue weighted by Crippen LogP contribution is -2.49. The molecule has 1 N–H and O–H groups in total. The van der Waals surface area contributed by atoms with E-state index in [0.717, 1.165) is 25.2 Å². The number of carbonyl (C=O) groups excluding carboxylic acids is 1. The lowest BCUT2D eigenvalue weighted by atomic mass is 10.1. The van der Waals surface area contributed by atoms with E-state index in [1.165, 1.54) is 0 Å². The molecule has 5 nitrogen and oxygen atoms in total. The average Bonchev–Trinajstić information content (AvgIpc) is 2.54. The van der Waals surface area contributed by atoms with Crippen molar-refractivity contribution in [2.24, 2.45) is 5.92 Å². The highest BCUT2D eigenvalue weighted by Gasteiger charge is 2.22. The molecule has 1 aromatic carbocycles. The van der Waals surface area contributed by atoms with Gasteiger partial charge in [-0.3, -0.25) is 4.90 Å². The van der Waals surface area contributed by atoms with E-state index in [-0.39, 0.29) is 18.6 Å². The molecule has 0 spiro atoms. The van der Waals surface area contributed by atoms with Crippen LogP contribution in [-0.4, -0.2) is 60.3 Å². The van der Waals surface area contributed by atoms with Crippen molar-refractivity contribution in [3.63, 3.8) is 0 Å². The summed E-state index contributed by atoms with van der Waals surface area (Å²) in [5, 5.41) is 9.07. The summed E-state index contributed by atoms with van der Waals surface area (Å²) < 4.78 is 5.33. The van der Waals surface area contributed by atoms with Gasteiger partial charge in [-0.25, -0.2) is 4.79 Å². The molecular weight excluding hydrogens is 268 g/mol. The van der Waals surface area contributed by atoms with Gasteiger partial charge in [0.1, 0.15) is 6.61 Å². The smallest absolute Gasteiger partial charge is 0.410 e. The van der Waals surface area contributed by atoms with Crippen LogP contribution in [0.5, 0.6) is 0 Å². The van der Waals surface area contributed by atoms with Gasteiger partial charge in [-0.15, -0.1) is 0 Å². The van der Waals surface area contributed by atoms with Crippen LogP contribution in [0, 0.1) is 5.92 Å². The number of benzene rings is 1. The number of nitrogens with zero attached hydrogens (tertiary/aromatic N) is 2. The first-order valence-electron chi connectivity index (χ1n) is 7.48. The van der Waals surface area contributed by atoms with Crippen LogP contribution in [0.15, 0.2) is 30.3 Å². The highest BCUT2D eigenvalue weighted by atomic mass is 16.6. The van der Waals surface area contributed by atoms with E-state index >= 15 is 0 Å². The molecule has 0 unspecified atom stereocenters. The molecule has 5 heteroatoms. The van der Waals surface area contributed by atoms with Crippen LogP contribution in [0.1, 0.15) is 12.5 Å². The van der Waals surface area contributed by atoms with Gasteiger partial charge in [0, 0.05) is 39.3 Å². The van der Waals surface area contributed by atoms with Crippen molar-refractivity contribution in [3.05, 3.63) is 35.9 Å². The Morgan fingerprint density at radius 2 is 1.90 bits per heavy atom. The minimum absolute atomic E-state index is 0.208. The van der Waals surface area contributed by atoms with Gasteiger partial charge in [-0.05, 0) is 11.5 Å². The molecule has 1 amide bonds. The van der Waals surface area contributed by atoms with Gasteiger partial charge in [0.2, 0.25) is 0 Å². The molecule has 21 heavy (non-hydrogen) atoms. The van der Waals surface area contributed by atoms with Crippen LogP contribution in [0.25, 0.3) is 0 Å². The average molecular weight is 292 g/mol. The molecule has 0 aliphatic carbocycles. The van der Waals surface area contributed by atoms with Gasteiger partial charge in [0.15, 0.2) is 0 Å². The largest absolute Gasteiger partial charge is 0.445 e. The summed E-state index contributed by atoms with van der Waals surface area (Å²) in [4.78, 5) is 16.0. The number of hydrogen-bond acceptors (Lipinski definition) is 4. The molecule has 1 saturated heterocycles. The lowest BCUT2D eigenvalue weighted by molar-refractivity contribution is 0.0651. The van der Waals surface area contributed by atoms with E-state index in [9.17, 15) is 4.79 Å². The van der Waals surface area contributed by atoms with Crippen LogP contribution < -0.4 is 0 Å². The second-order valence-corrected chi connectivity index (χ2v) is 5.62. The first-order valence-corrected chi connectivity index (χ1v) is 7.48. The maximum Gasteiger partial charge on any atom is 0.410 e. The maximum atomic E-state index is 12.0. The fourth-order valence-electron chi connectivity index (χ4n) is 2.42. The molecule has 0 radical (unpaired) electrons. The molecule has 2 rings (SSSR count). The molecule has 116 valence electrons. The third-order valence-corrected chi connectivity index (χ3v) is 3.72. The van der Waals surface area contributed by atoms with Crippen LogP contribution in [-0.2, 0) is 11.3 Å². The first kappa shape index (κ1) is 15.8. The summed E-state index contributed by atoms with van der Waals surface area (Å²) in [6, 6.07) is 9.70. The Balaban J connectivity index is 1.70. The number of hydrogen-bond donors (Lipinski definition) is 1. The molecule has 0 bridgehead atoms. The molecule has 0 saturated carbocycles. The summed E-state index contributed by atoms with van der Waals surface area (Å²) >= 11 is 0. The Hall–Kier alpha value is -1.59. The van der Waals surface area contributed by atoms with Gasteiger partial charge in [-0.2, -0.15) is 0 Å². The van der Waals surface area contributed by atoms with Crippen molar-refractivity contribution in [2.45, 2.75) is 13.5 Å². The second-order valence-electron chi connectivity index (χ2n) is 5.62. The quantitative estimate of drug-likeness (QED) is 0.895. The Morgan fingerprint density at radius 1 is 1.24 bits per heavy atom. The van der Waals surface area contributed by atoms with Gasteiger partial charge in [0.05, 0.1) is 0 Å². The van der Waals surface area contributed by atoms with Crippen molar-refractivity contribution in [2.75, 3.05) is 39.3 Å². The number of carbonyl (C=O) groups is 1. The standard InChI is InChI=1S/C16H24N2O3/c1-14(12-19)11-17-7-9-18(10-8-17)16(20)21-13-15-5-3-2-4-6-15/h2-6,14,19H,7-13H2,1H3/t14-/m1/s1. The van der Waals surface area contributed by atoms with Crippen molar-refractivity contribution in [1.29, 1.82) is 0 Å². The van der Waals surface area contributed by atoms with Gasteiger partial charge < -0.3 is 14.7 Å². The second kappa shape index (κ2) is 8.00. The number of piperazine rings is 1. The lowest BCUT2D eigenvalue weighted by Gasteiger charge is -2.35. The highest BCUT2D eigenvalue weighted by molar-refractivity contribution is 5.67. The molecular formula is C16H24N2O3. The number of ether oxygens (including phenoxy) is 1. The monoisotopic (exact) mass is 292 g/mol. The van der Waals surface area contributed by atoms with Gasteiger partial charge in [-0.1, -0.05) is 37.3 Å². The summed E-state index contributed by atoms with van der Waals surface area (Å²) in [5.41, 5.74) is 1.00. The van der Waals surface area contributed by atoms with Crippen molar-refractivity contribution >= 4 is 6.09 Å². The third kappa shape index (κ3) is 5.02. The first-order chi connectivity index (χ1) is 10.2. The number of amides is 1. The van der Waals surface area contributed by atoms with Crippen LogP contribution in [0.3, 0.4) is 0 Å². The summed E-state index contributed by atoms with van der Waals surface area (Å²) in [7, 11) is 0. The van der Waals surface area contributed by atoms with E-state index in [1.807, 2.05) is 37.3 Å². The van der Waals surface area contributed by atoms with E-state index in [0.29, 0.717) is 19.7 Å². The number of aliphatic hydroxyl groups is 1. The molecule has 0 aromatic heterocycles. The summed E-state index contributed by atoms with van der Waals surface area (Å²) in [5.74, 6) is 0.279. The topological polar surface area (TPSA) is 53.0 Å². The summed E-state index contributed by atoms with van der Waals surface area (Å²) in [6.07, 6.45) is -0.242. The Bertz CT molecular complexity index is 430. The SMILES string of the molecule is C[C@@H](CO)CN1CCN(C(=O)OCc2ccccc2)CC1. The van der Waals surface area contributed by atoms with Gasteiger partial charge >= 0.3 is 6.09 Å². The Kier molecular flexibility index (Phi) is 6.02. The molecule has 1 atom stereocenters. The van der Waals surface area contributed by atoms with Gasteiger partial charge in [0.25, 0.3) is 0 Å². The minimum Gasteiger partial charge on any atom is -0.445 e. The molecule has 1 aliphatic rings. The van der Waals surface area contributed by atoms with Crippen molar-refractivity contribution in [1.82, 2.24) is 9.80 Å². The molecule has 1 aromatic rings. The molecule has 1 heterocycles. The zero-order valence-electron chi connectivity index (χ0n) is 12.6. The number of aliphatic hydroxyl groups excluding tert-OH is 1. The maximum absolute atomic E-state index is 12.0. The van der Waals surface area contributed by atoms with Crippen molar-refractivity contribution in [3.8, 4) is 0 Å². The van der Waals surface area contributed by atoms with Crippen LogP contribution in [0.4, 0.5) is 4.79 Å². The van der Waals surface area contributed by atoms with Crippen LogP contribution >= 0.6 is 0 Å². The summed E-state index contributed by atoms with van der Waals surface area (Å²) in [6.45, 7) is 6.48. The fraction of sp³-hybridized carbons (Fsp3) is 0.562. The number of rotatable bonds is 5. The third-order valence-electron chi connectivity index (χ3n) is 3.72. The predicted molar refractivity (Wildman–Crippen MR) is 80.9 cm³/mol. The van der Waals surface area contributed by atoms with E-state index in [4.69, 9.17) is 9.84 Å². The molecule has 1 fully saturated rings. The Morgan fingerprint density at radius 3 is 2.52 bits per heavy atom. The van der Waals surface area contributed by atoms with Crippen LogP contribution in [0.2, 0.25) is 0 Å². The fourth-order valence-corrected chi connectivity index (χ4v) is 2.42. The zero-order chi connectivity index (χ0) is 15.1. The van der Waals surface area contributed by atoms with E-state index in [1.54, 1.807) is 4.90 Å². The Labute approximate surface area is 126 Å². The van der Waals surface area contributed by atoms with E-state index < -0.39 is 0 Å². The minimum atomic E-state index is -0.242. The normalized spacial score (nSPS) is 17.5. The van der Waals surface area contributed by atoms with Crippen molar-refractivity contribution < 1.29 is 14.6 Å².